The fraction of sp³-hybridized carbons (Fsp3) is 0.571. The smallest absolute Gasteiger partial charge is 0.0496 e. The van der Waals surface area contributed by atoms with Crippen molar-refractivity contribution in [1.29, 1.82) is 0 Å². The number of benzene rings is 1. The van der Waals surface area contributed by atoms with Crippen molar-refractivity contribution in [2.45, 2.75) is 25.7 Å². The minimum absolute atomic E-state index is 0.178. The standard InChI is InChI=1S/C14H21BrO/c1-4-14(11-15,12(2)10-16-3)13-8-6-5-7-9-13/h5-9,12H,4,10-11H2,1-3H3. The summed E-state index contributed by atoms with van der Waals surface area (Å²) in [6.45, 7) is 5.32. The minimum atomic E-state index is 0.178. The summed E-state index contributed by atoms with van der Waals surface area (Å²) < 4.78 is 5.31. The van der Waals surface area contributed by atoms with Gasteiger partial charge in [-0.3, -0.25) is 0 Å². The van der Waals surface area contributed by atoms with E-state index in [1.165, 1.54) is 5.56 Å². The molecule has 0 saturated carbocycles. The Bertz CT molecular complexity index is 293. The van der Waals surface area contributed by atoms with Gasteiger partial charge in [-0.1, -0.05) is 60.1 Å². The molecule has 0 aliphatic heterocycles. The van der Waals surface area contributed by atoms with E-state index < -0.39 is 0 Å². The molecule has 90 valence electrons. The summed E-state index contributed by atoms with van der Waals surface area (Å²) in [6.07, 6.45) is 1.12. The number of halogens is 1. The SMILES string of the molecule is CCC(CBr)(c1ccccc1)C(C)COC. The van der Waals surface area contributed by atoms with Crippen molar-refractivity contribution < 1.29 is 4.74 Å². The van der Waals surface area contributed by atoms with Gasteiger partial charge in [0.15, 0.2) is 0 Å². The van der Waals surface area contributed by atoms with Crippen LogP contribution in [0.2, 0.25) is 0 Å². The average molecular weight is 285 g/mol. The second-order valence-electron chi connectivity index (χ2n) is 4.37. The van der Waals surface area contributed by atoms with Crippen molar-refractivity contribution in [1.82, 2.24) is 0 Å². The van der Waals surface area contributed by atoms with Crippen molar-refractivity contribution in [3.05, 3.63) is 35.9 Å². The second-order valence-corrected chi connectivity index (χ2v) is 4.93. The number of hydrogen-bond donors (Lipinski definition) is 0. The van der Waals surface area contributed by atoms with Crippen LogP contribution < -0.4 is 0 Å². The lowest BCUT2D eigenvalue weighted by Gasteiger charge is -2.37. The lowest BCUT2D eigenvalue weighted by molar-refractivity contribution is 0.119. The molecule has 1 nitrogen and oxygen atoms in total. The van der Waals surface area contributed by atoms with Gasteiger partial charge < -0.3 is 4.74 Å². The van der Waals surface area contributed by atoms with Crippen LogP contribution in [-0.4, -0.2) is 19.0 Å². The summed E-state index contributed by atoms with van der Waals surface area (Å²) in [5, 5.41) is 0.977. The first-order valence-corrected chi connectivity index (χ1v) is 6.93. The molecule has 2 heteroatoms. The molecule has 0 radical (unpaired) electrons. The third-order valence-corrected chi connectivity index (χ3v) is 4.58. The van der Waals surface area contributed by atoms with Gasteiger partial charge in [-0.25, -0.2) is 0 Å². The van der Waals surface area contributed by atoms with Gasteiger partial charge in [0.25, 0.3) is 0 Å². The zero-order valence-corrected chi connectivity index (χ0v) is 12.0. The number of ether oxygens (including phenoxy) is 1. The number of rotatable bonds is 6. The Morgan fingerprint density at radius 2 is 1.94 bits per heavy atom. The predicted molar refractivity (Wildman–Crippen MR) is 73.2 cm³/mol. The quantitative estimate of drug-likeness (QED) is 0.717. The Hall–Kier alpha value is -0.340. The summed E-state index contributed by atoms with van der Waals surface area (Å²) in [5.74, 6) is 0.504. The van der Waals surface area contributed by atoms with Gasteiger partial charge in [-0.2, -0.15) is 0 Å². The molecule has 0 amide bonds. The molecular weight excluding hydrogens is 264 g/mol. The van der Waals surface area contributed by atoms with E-state index in [1.807, 2.05) is 0 Å². The highest BCUT2D eigenvalue weighted by Gasteiger charge is 2.35. The first-order chi connectivity index (χ1) is 7.71. The van der Waals surface area contributed by atoms with Crippen molar-refractivity contribution in [2.24, 2.45) is 5.92 Å². The maximum absolute atomic E-state index is 5.31. The highest BCUT2D eigenvalue weighted by Crippen LogP contribution is 2.37. The molecule has 0 heterocycles. The van der Waals surface area contributed by atoms with E-state index in [4.69, 9.17) is 4.74 Å². The van der Waals surface area contributed by atoms with E-state index in [9.17, 15) is 0 Å². The van der Waals surface area contributed by atoms with Gasteiger partial charge >= 0.3 is 0 Å². The molecule has 0 N–H and O–H groups in total. The van der Waals surface area contributed by atoms with E-state index in [2.05, 4.69) is 60.1 Å². The summed E-state index contributed by atoms with van der Waals surface area (Å²) in [5.41, 5.74) is 1.58. The molecule has 0 bridgehead atoms. The summed E-state index contributed by atoms with van der Waals surface area (Å²) >= 11 is 3.68. The molecule has 0 fully saturated rings. The van der Waals surface area contributed by atoms with Crippen LogP contribution in [0.15, 0.2) is 30.3 Å². The molecule has 1 aromatic rings. The lowest BCUT2D eigenvalue weighted by Crippen LogP contribution is -2.37. The molecule has 0 saturated heterocycles. The number of methoxy groups -OCH3 is 1. The van der Waals surface area contributed by atoms with Crippen LogP contribution in [-0.2, 0) is 10.2 Å². The fourth-order valence-corrected chi connectivity index (χ4v) is 3.59. The molecule has 1 rings (SSSR count). The van der Waals surface area contributed by atoms with Gasteiger partial charge in [0.05, 0.1) is 0 Å². The predicted octanol–water partition coefficient (Wildman–Crippen LogP) is 4.01. The van der Waals surface area contributed by atoms with E-state index >= 15 is 0 Å². The van der Waals surface area contributed by atoms with Crippen molar-refractivity contribution in [3.8, 4) is 0 Å². The van der Waals surface area contributed by atoms with Crippen LogP contribution in [0.5, 0.6) is 0 Å². The highest BCUT2D eigenvalue weighted by molar-refractivity contribution is 9.09. The molecule has 2 atom stereocenters. The van der Waals surface area contributed by atoms with E-state index in [0.717, 1.165) is 18.4 Å². The van der Waals surface area contributed by atoms with E-state index in [1.54, 1.807) is 7.11 Å². The van der Waals surface area contributed by atoms with Crippen molar-refractivity contribution in [2.75, 3.05) is 19.0 Å². The zero-order chi connectivity index (χ0) is 12.0. The van der Waals surface area contributed by atoms with Gasteiger partial charge in [0.1, 0.15) is 0 Å². The van der Waals surface area contributed by atoms with Gasteiger partial charge in [-0.05, 0) is 17.9 Å². The van der Waals surface area contributed by atoms with Crippen LogP contribution in [0.25, 0.3) is 0 Å². The van der Waals surface area contributed by atoms with Crippen LogP contribution in [0.1, 0.15) is 25.8 Å². The Balaban J connectivity index is 3.05. The van der Waals surface area contributed by atoms with Gasteiger partial charge in [0.2, 0.25) is 0 Å². The normalized spacial score (nSPS) is 16.8. The largest absolute Gasteiger partial charge is 0.384 e. The molecule has 0 aromatic heterocycles. The van der Waals surface area contributed by atoms with Crippen LogP contribution in [0.4, 0.5) is 0 Å². The first-order valence-electron chi connectivity index (χ1n) is 5.81. The maximum atomic E-state index is 5.31. The summed E-state index contributed by atoms with van der Waals surface area (Å²) in [4.78, 5) is 0. The third kappa shape index (κ3) is 2.67. The Labute approximate surface area is 107 Å². The molecule has 0 spiro atoms. The molecule has 0 aliphatic rings. The minimum Gasteiger partial charge on any atom is -0.384 e. The second kappa shape index (κ2) is 6.41. The fourth-order valence-electron chi connectivity index (χ4n) is 2.32. The number of alkyl halides is 1. The third-order valence-electron chi connectivity index (χ3n) is 3.58. The zero-order valence-electron chi connectivity index (χ0n) is 10.4. The lowest BCUT2D eigenvalue weighted by atomic mass is 9.71. The topological polar surface area (TPSA) is 9.23 Å². The Morgan fingerprint density at radius 3 is 2.38 bits per heavy atom. The van der Waals surface area contributed by atoms with Crippen LogP contribution in [0, 0.1) is 5.92 Å². The molecule has 1 aromatic carbocycles. The highest BCUT2D eigenvalue weighted by atomic mass is 79.9. The van der Waals surface area contributed by atoms with Crippen LogP contribution in [0.3, 0.4) is 0 Å². The van der Waals surface area contributed by atoms with E-state index in [-0.39, 0.29) is 5.41 Å². The molecular formula is C14H21BrO. The first kappa shape index (κ1) is 13.7. The maximum Gasteiger partial charge on any atom is 0.0496 e. The average Bonchev–Trinajstić information content (AvgIpc) is 2.33. The van der Waals surface area contributed by atoms with Gasteiger partial charge in [0, 0.05) is 24.5 Å². The Morgan fingerprint density at radius 1 is 1.31 bits per heavy atom. The van der Waals surface area contributed by atoms with E-state index in [0.29, 0.717) is 5.92 Å². The summed E-state index contributed by atoms with van der Waals surface area (Å²) in [6, 6.07) is 10.7. The monoisotopic (exact) mass is 284 g/mol. The van der Waals surface area contributed by atoms with Crippen LogP contribution >= 0.6 is 15.9 Å². The Kier molecular flexibility index (Phi) is 5.50. The van der Waals surface area contributed by atoms with Crippen molar-refractivity contribution >= 4 is 15.9 Å². The number of hydrogen-bond acceptors (Lipinski definition) is 1. The molecule has 2 unspecified atom stereocenters. The molecule has 16 heavy (non-hydrogen) atoms. The summed E-state index contributed by atoms with van der Waals surface area (Å²) in [7, 11) is 1.77. The van der Waals surface area contributed by atoms with Gasteiger partial charge in [-0.15, -0.1) is 0 Å². The van der Waals surface area contributed by atoms with Crippen molar-refractivity contribution in [3.63, 3.8) is 0 Å². The molecule has 0 aliphatic carbocycles.